The lowest BCUT2D eigenvalue weighted by Gasteiger charge is -2.30. The standard InChI is InChI=1S/C28H30N4O5S/c33-23-7-2-1-6-22(23)32-27(35)20-16-31(13-11-21(20)30-28(32)38-19-4-3-5-19)26(34)10-12-29-15-18-8-9-24-25(14-18)37-17-36-24/h1-2,6-9,14,19,29,33H,3-5,10-13,15-17H2. The second-order valence-electron chi connectivity index (χ2n) is 9.80. The molecule has 3 heterocycles. The highest BCUT2D eigenvalue weighted by atomic mass is 32.2. The Morgan fingerprint density at radius 3 is 2.82 bits per heavy atom. The van der Waals surface area contributed by atoms with E-state index >= 15 is 0 Å². The number of fused-ring (bicyclic) bond motifs is 2. The first-order chi connectivity index (χ1) is 18.6. The van der Waals surface area contributed by atoms with Gasteiger partial charge in [0.2, 0.25) is 12.7 Å². The van der Waals surface area contributed by atoms with E-state index in [2.05, 4.69) is 5.32 Å². The number of phenols is 1. The van der Waals surface area contributed by atoms with Gasteiger partial charge in [-0.15, -0.1) is 0 Å². The molecule has 38 heavy (non-hydrogen) atoms. The fraction of sp³-hybridized carbons (Fsp3) is 0.393. The summed E-state index contributed by atoms with van der Waals surface area (Å²) in [5.74, 6) is 1.52. The molecule has 198 valence electrons. The summed E-state index contributed by atoms with van der Waals surface area (Å²) in [5.41, 5.74) is 2.55. The molecule has 1 aromatic heterocycles. The molecular weight excluding hydrogens is 504 g/mol. The maximum absolute atomic E-state index is 13.8. The van der Waals surface area contributed by atoms with Gasteiger partial charge in [0.05, 0.1) is 23.5 Å². The smallest absolute Gasteiger partial charge is 0.264 e. The van der Waals surface area contributed by atoms with Gasteiger partial charge in [0, 0.05) is 37.7 Å². The lowest BCUT2D eigenvalue weighted by atomic mass is 10.0. The van der Waals surface area contributed by atoms with Gasteiger partial charge in [0.25, 0.3) is 5.56 Å². The van der Waals surface area contributed by atoms with Crippen molar-refractivity contribution in [1.29, 1.82) is 0 Å². The molecule has 10 heteroatoms. The Labute approximate surface area is 224 Å². The number of hydrogen-bond acceptors (Lipinski definition) is 8. The quantitative estimate of drug-likeness (QED) is 0.335. The van der Waals surface area contributed by atoms with E-state index in [9.17, 15) is 14.7 Å². The summed E-state index contributed by atoms with van der Waals surface area (Å²) >= 11 is 1.61. The Morgan fingerprint density at radius 1 is 1.16 bits per heavy atom. The van der Waals surface area contributed by atoms with Gasteiger partial charge in [0.15, 0.2) is 16.7 Å². The van der Waals surface area contributed by atoms with E-state index in [1.807, 2.05) is 18.2 Å². The number of ether oxygens (including phenoxy) is 2. The summed E-state index contributed by atoms with van der Waals surface area (Å²) < 4.78 is 12.3. The Morgan fingerprint density at radius 2 is 2.00 bits per heavy atom. The summed E-state index contributed by atoms with van der Waals surface area (Å²) in [6.45, 7) is 2.14. The monoisotopic (exact) mass is 534 g/mol. The second-order valence-corrected chi connectivity index (χ2v) is 11.1. The fourth-order valence-corrected chi connectivity index (χ4v) is 6.20. The Bertz CT molecular complexity index is 1420. The van der Waals surface area contributed by atoms with E-state index in [0.29, 0.717) is 54.1 Å². The summed E-state index contributed by atoms with van der Waals surface area (Å²) in [6.07, 6.45) is 4.26. The molecule has 0 radical (unpaired) electrons. The number of rotatable bonds is 8. The van der Waals surface area contributed by atoms with Gasteiger partial charge in [-0.2, -0.15) is 0 Å². The van der Waals surface area contributed by atoms with Crippen molar-refractivity contribution in [3.8, 4) is 22.9 Å². The maximum Gasteiger partial charge on any atom is 0.264 e. The number of aromatic nitrogens is 2. The van der Waals surface area contributed by atoms with Crippen molar-refractivity contribution >= 4 is 17.7 Å². The van der Waals surface area contributed by atoms with Gasteiger partial charge >= 0.3 is 0 Å². The molecule has 1 saturated carbocycles. The van der Waals surface area contributed by atoms with Crippen LogP contribution >= 0.6 is 11.8 Å². The van der Waals surface area contributed by atoms with Crippen LogP contribution in [0.4, 0.5) is 0 Å². The summed E-state index contributed by atoms with van der Waals surface area (Å²) in [4.78, 5) is 33.4. The first kappa shape index (κ1) is 24.8. The molecule has 0 atom stereocenters. The number of para-hydroxylation sites is 2. The molecule has 1 aliphatic carbocycles. The largest absolute Gasteiger partial charge is 0.506 e. The maximum atomic E-state index is 13.8. The van der Waals surface area contributed by atoms with Crippen LogP contribution in [0.5, 0.6) is 17.2 Å². The van der Waals surface area contributed by atoms with Gasteiger partial charge in [-0.1, -0.05) is 36.4 Å². The predicted octanol–water partition coefficient (Wildman–Crippen LogP) is 3.38. The number of nitrogens with one attached hydrogen (secondary N) is 1. The van der Waals surface area contributed by atoms with Crippen LogP contribution in [0.15, 0.2) is 52.4 Å². The first-order valence-corrected chi connectivity index (χ1v) is 13.9. The number of nitrogens with zero attached hydrogens (tertiary/aromatic N) is 3. The second kappa shape index (κ2) is 10.7. The zero-order valence-electron chi connectivity index (χ0n) is 21.0. The van der Waals surface area contributed by atoms with E-state index in [1.54, 1.807) is 40.9 Å². The molecule has 3 aromatic rings. The third-order valence-electron chi connectivity index (χ3n) is 7.28. The zero-order chi connectivity index (χ0) is 26.1. The van der Waals surface area contributed by atoms with Crippen LogP contribution < -0.4 is 20.3 Å². The van der Waals surface area contributed by atoms with Crippen molar-refractivity contribution in [2.75, 3.05) is 19.9 Å². The average Bonchev–Trinajstić information content (AvgIpc) is 3.37. The van der Waals surface area contributed by atoms with Crippen LogP contribution in [0.1, 0.15) is 42.5 Å². The highest BCUT2D eigenvalue weighted by Gasteiger charge is 2.29. The van der Waals surface area contributed by atoms with Crippen LogP contribution in [0.25, 0.3) is 5.69 Å². The molecule has 0 spiro atoms. The van der Waals surface area contributed by atoms with Crippen molar-refractivity contribution in [3.05, 3.63) is 69.6 Å². The average molecular weight is 535 g/mol. The minimum absolute atomic E-state index is 0.00438. The van der Waals surface area contributed by atoms with E-state index < -0.39 is 0 Å². The number of carbonyl (C=O) groups is 1. The van der Waals surface area contributed by atoms with Crippen molar-refractivity contribution in [2.45, 2.75) is 55.6 Å². The van der Waals surface area contributed by atoms with Crippen molar-refractivity contribution in [1.82, 2.24) is 19.8 Å². The van der Waals surface area contributed by atoms with E-state index in [0.717, 1.165) is 35.6 Å². The number of amides is 1. The minimum atomic E-state index is -0.211. The molecule has 1 fully saturated rings. The molecule has 2 aliphatic heterocycles. The fourth-order valence-electron chi connectivity index (χ4n) is 4.89. The van der Waals surface area contributed by atoms with Crippen molar-refractivity contribution in [3.63, 3.8) is 0 Å². The number of benzene rings is 2. The summed E-state index contributed by atoms with van der Waals surface area (Å²) in [7, 11) is 0. The van der Waals surface area contributed by atoms with E-state index in [4.69, 9.17) is 14.5 Å². The first-order valence-electron chi connectivity index (χ1n) is 13.0. The Kier molecular flexibility index (Phi) is 6.99. The molecule has 1 amide bonds. The molecule has 2 aromatic carbocycles. The number of carbonyl (C=O) groups excluding carboxylic acids is 1. The molecule has 0 saturated heterocycles. The molecular formula is C28H30N4O5S. The Balaban J connectivity index is 1.14. The zero-order valence-corrected chi connectivity index (χ0v) is 21.8. The molecule has 0 unspecified atom stereocenters. The SMILES string of the molecule is O=C(CCNCc1ccc2c(c1)OCO2)N1CCc2nc(SC3CCC3)n(-c3ccccc3O)c(=O)c2C1. The van der Waals surface area contributed by atoms with Crippen LogP contribution in [-0.2, 0) is 24.3 Å². The topological polar surface area (TPSA) is 106 Å². The van der Waals surface area contributed by atoms with E-state index in [1.165, 1.54) is 11.0 Å². The third-order valence-corrected chi connectivity index (χ3v) is 8.57. The third kappa shape index (κ3) is 4.98. The number of hydrogen-bond donors (Lipinski definition) is 2. The highest BCUT2D eigenvalue weighted by Crippen LogP contribution is 2.37. The van der Waals surface area contributed by atoms with Crippen LogP contribution in [0.3, 0.4) is 0 Å². The van der Waals surface area contributed by atoms with Crippen molar-refractivity contribution in [2.24, 2.45) is 0 Å². The van der Waals surface area contributed by atoms with Gasteiger partial charge in [-0.05, 0) is 42.7 Å². The van der Waals surface area contributed by atoms with Crippen molar-refractivity contribution < 1.29 is 19.4 Å². The van der Waals surface area contributed by atoms with Gasteiger partial charge in [-0.3, -0.25) is 14.2 Å². The highest BCUT2D eigenvalue weighted by molar-refractivity contribution is 7.99. The minimum Gasteiger partial charge on any atom is -0.506 e. The van der Waals surface area contributed by atoms with Crippen LogP contribution in [0.2, 0.25) is 0 Å². The van der Waals surface area contributed by atoms with Crippen LogP contribution in [-0.4, -0.2) is 50.6 Å². The molecule has 3 aliphatic rings. The lowest BCUT2D eigenvalue weighted by Crippen LogP contribution is -2.42. The molecule has 6 rings (SSSR count). The van der Waals surface area contributed by atoms with Crippen LogP contribution in [0, 0.1) is 0 Å². The number of aromatic hydroxyl groups is 1. The normalized spacial score (nSPS) is 16.3. The number of phenolic OH excluding ortho intramolecular Hbond substituents is 1. The van der Waals surface area contributed by atoms with E-state index in [-0.39, 0.29) is 30.6 Å². The summed E-state index contributed by atoms with van der Waals surface area (Å²) in [6, 6.07) is 12.6. The van der Waals surface area contributed by atoms with Gasteiger partial charge < -0.3 is 24.8 Å². The molecule has 2 N–H and O–H groups in total. The summed E-state index contributed by atoms with van der Waals surface area (Å²) in [5, 5.41) is 14.9. The molecule has 9 nitrogen and oxygen atoms in total. The predicted molar refractivity (Wildman–Crippen MR) is 143 cm³/mol. The lowest BCUT2D eigenvalue weighted by molar-refractivity contribution is -0.132. The van der Waals surface area contributed by atoms with Gasteiger partial charge in [-0.25, -0.2) is 4.98 Å². The molecule has 0 bridgehead atoms. The number of thioether (sulfide) groups is 1. The van der Waals surface area contributed by atoms with Gasteiger partial charge in [0.1, 0.15) is 5.75 Å². The Hall–Kier alpha value is -3.50.